The van der Waals surface area contributed by atoms with Gasteiger partial charge in [0.15, 0.2) is 0 Å². The third kappa shape index (κ3) is 3.65. The number of carboxylic acids is 1. The Morgan fingerprint density at radius 1 is 1.20 bits per heavy atom. The lowest BCUT2D eigenvalue weighted by Gasteiger charge is -2.11. The highest BCUT2D eigenvalue weighted by Gasteiger charge is 2.09. The number of rotatable bonds is 6. The normalized spacial score (nSPS) is 10.0. The number of hydrogen-bond acceptors (Lipinski definition) is 4. The molecule has 0 spiro atoms. The predicted octanol–water partition coefficient (Wildman–Crippen LogP) is 2.46. The Kier molecular flexibility index (Phi) is 4.44. The smallest absolute Gasteiger partial charge is 0.337 e. The lowest BCUT2D eigenvalue weighted by atomic mass is 10.1. The SMILES string of the molecule is Nc1ccc(C(=O)O)c(NCCOc2ccccc2)c1. The molecule has 0 heterocycles. The van der Waals surface area contributed by atoms with E-state index in [1.165, 1.54) is 6.07 Å². The van der Waals surface area contributed by atoms with Crippen LogP contribution in [0.15, 0.2) is 48.5 Å². The molecule has 4 N–H and O–H groups in total. The molecule has 2 aromatic rings. The van der Waals surface area contributed by atoms with Gasteiger partial charge in [0.25, 0.3) is 0 Å². The first-order chi connectivity index (χ1) is 9.66. The number of nitrogen functional groups attached to an aromatic ring is 1. The van der Waals surface area contributed by atoms with E-state index in [4.69, 9.17) is 15.6 Å². The summed E-state index contributed by atoms with van der Waals surface area (Å²) in [5, 5.41) is 12.1. The molecule has 0 saturated carbocycles. The van der Waals surface area contributed by atoms with Crippen molar-refractivity contribution in [1.82, 2.24) is 0 Å². The van der Waals surface area contributed by atoms with Crippen molar-refractivity contribution in [2.45, 2.75) is 0 Å². The largest absolute Gasteiger partial charge is 0.492 e. The minimum Gasteiger partial charge on any atom is -0.492 e. The van der Waals surface area contributed by atoms with E-state index in [9.17, 15) is 4.79 Å². The summed E-state index contributed by atoms with van der Waals surface area (Å²) < 4.78 is 5.52. The van der Waals surface area contributed by atoms with Crippen LogP contribution in [0.5, 0.6) is 5.75 Å². The first-order valence-electron chi connectivity index (χ1n) is 6.21. The van der Waals surface area contributed by atoms with Crippen molar-refractivity contribution in [2.24, 2.45) is 0 Å². The Bertz CT molecular complexity index is 585. The standard InChI is InChI=1S/C15H16N2O3/c16-11-6-7-13(15(18)19)14(10-11)17-8-9-20-12-4-2-1-3-5-12/h1-7,10,17H,8-9,16H2,(H,18,19). The molecule has 0 aliphatic carbocycles. The fraction of sp³-hybridized carbons (Fsp3) is 0.133. The maximum Gasteiger partial charge on any atom is 0.337 e. The minimum absolute atomic E-state index is 0.193. The summed E-state index contributed by atoms with van der Waals surface area (Å²) >= 11 is 0. The number of benzene rings is 2. The maximum absolute atomic E-state index is 11.1. The number of aromatic carboxylic acids is 1. The van der Waals surface area contributed by atoms with Crippen LogP contribution < -0.4 is 15.8 Å². The molecule has 5 heteroatoms. The van der Waals surface area contributed by atoms with Crippen LogP contribution in [0, 0.1) is 0 Å². The number of nitrogens with two attached hydrogens (primary N) is 1. The van der Waals surface area contributed by atoms with E-state index in [1.54, 1.807) is 12.1 Å². The molecule has 0 aliphatic heterocycles. The fourth-order valence-corrected chi connectivity index (χ4v) is 1.77. The molecule has 2 aromatic carbocycles. The highest BCUT2D eigenvalue weighted by Crippen LogP contribution is 2.19. The van der Waals surface area contributed by atoms with E-state index in [1.807, 2.05) is 30.3 Å². The van der Waals surface area contributed by atoms with E-state index in [2.05, 4.69) is 5.32 Å². The molecule has 0 saturated heterocycles. The van der Waals surface area contributed by atoms with E-state index >= 15 is 0 Å². The summed E-state index contributed by atoms with van der Waals surface area (Å²) in [6.07, 6.45) is 0. The second-order valence-electron chi connectivity index (χ2n) is 4.20. The van der Waals surface area contributed by atoms with Crippen LogP contribution in [0.4, 0.5) is 11.4 Å². The third-order valence-corrected chi connectivity index (χ3v) is 2.70. The van der Waals surface area contributed by atoms with Crippen molar-refractivity contribution < 1.29 is 14.6 Å². The van der Waals surface area contributed by atoms with Crippen molar-refractivity contribution in [3.8, 4) is 5.75 Å². The second kappa shape index (κ2) is 6.47. The molecule has 0 amide bonds. The van der Waals surface area contributed by atoms with Crippen LogP contribution in [0.2, 0.25) is 0 Å². The average Bonchev–Trinajstić information content (AvgIpc) is 2.44. The van der Waals surface area contributed by atoms with Gasteiger partial charge in [0.1, 0.15) is 12.4 Å². The monoisotopic (exact) mass is 272 g/mol. The van der Waals surface area contributed by atoms with E-state index in [-0.39, 0.29) is 5.56 Å². The van der Waals surface area contributed by atoms with Crippen LogP contribution >= 0.6 is 0 Å². The molecule has 0 unspecified atom stereocenters. The van der Waals surface area contributed by atoms with Crippen LogP contribution in [-0.4, -0.2) is 24.2 Å². The Labute approximate surface area is 117 Å². The summed E-state index contributed by atoms with van der Waals surface area (Å²) in [6.45, 7) is 0.913. The van der Waals surface area contributed by atoms with Crippen molar-refractivity contribution in [1.29, 1.82) is 0 Å². The number of ether oxygens (including phenoxy) is 1. The minimum atomic E-state index is -0.989. The van der Waals surface area contributed by atoms with Crippen molar-refractivity contribution in [3.63, 3.8) is 0 Å². The first-order valence-corrected chi connectivity index (χ1v) is 6.21. The zero-order chi connectivity index (χ0) is 14.4. The summed E-state index contributed by atoms with van der Waals surface area (Å²) in [7, 11) is 0. The fourth-order valence-electron chi connectivity index (χ4n) is 1.77. The maximum atomic E-state index is 11.1. The average molecular weight is 272 g/mol. The molecular weight excluding hydrogens is 256 g/mol. The third-order valence-electron chi connectivity index (χ3n) is 2.70. The van der Waals surface area contributed by atoms with Gasteiger partial charge in [-0.2, -0.15) is 0 Å². The van der Waals surface area contributed by atoms with Crippen LogP contribution in [0.1, 0.15) is 10.4 Å². The second-order valence-corrected chi connectivity index (χ2v) is 4.20. The predicted molar refractivity (Wildman–Crippen MR) is 78.2 cm³/mol. The number of anilines is 2. The molecule has 0 atom stereocenters. The number of para-hydroxylation sites is 1. The van der Waals surface area contributed by atoms with E-state index < -0.39 is 5.97 Å². The molecular formula is C15H16N2O3. The Balaban J connectivity index is 1.91. The molecule has 0 fully saturated rings. The van der Waals surface area contributed by atoms with Gasteiger partial charge in [-0.3, -0.25) is 0 Å². The van der Waals surface area contributed by atoms with Gasteiger partial charge in [0.2, 0.25) is 0 Å². The summed E-state index contributed by atoms with van der Waals surface area (Å²) in [5.41, 5.74) is 6.86. The first kappa shape index (κ1) is 13.7. The highest BCUT2D eigenvalue weighted by atomic mass is 16.5. The number of carbonyl (C=O) groups is 1. The van der Waals surface area contributed by atoms with Crippen LogP contribution in [-0.2, 0) is 0 Å². The van der Waals surface area contributed by atoms with Crippen LogP contribution in [0.25, 0.3) is 0 Å². The zero-order valence-electron chi connectivity index (χ0n) is 10.9. The van der Waals surface area contributed by atoms with E-state index in [0.717, 1.165) is 5.75 Å². The molecule has 0 aromatic heterocycles. The van der Waals surface area contributed by atoms with Gasteiger partial charge in [0.05, 0.1) is 11.3 Å². The van der Waals surface area contributed by atoms with Gasteiger partial charge in [0, 0.05) is 12.2 Å². The van der Waals surface area contributed by atoms with Crippen molar-refractivity contribution in [3.05, 3.63) is 54.1 Å². The lowest BCUT2D eigenvalue weighted by molar-refractivity contribution is 0.0698. The quantitative estimate of drug-likeness (QED) is 0.555. The van der Waals surface area contributed by atoms with Gasteiger partial charge in [-0.05, 0) is 30.3 Å². The van der Waals surface area contributed by atoms with Crippen molar-refractivity contribution in [2.75, 3.05) is 24.2 Å². The Morgan fingerprint density at radius 3 is 2.65 bits per heavy atom. The van der Waals surface area contributed by atoms with Gasteiger partial charge in [-0.15, -0.1) is 0 Å². The number of nitrogens with one attached hydrogen (secondary N) is 1. The van der Waals surface area contributed by atoms with Gasteiger partial charge < -0.3 is 20.9 Å². The lowest BCUT2D eigenvalue weighted by Crippen LogP contribution is -2.14. The highest BCUT2D eigenvalue weighted by molar-refractivity contribution is 5.95. The molecule has 0 aliphatic rings. The summed E-state index contributed by atoms with van der Waals surface area (Å²) in [5.74, 6) is -0.211. The number of hydrogen-bond donors (Lipinski definition) is 3. The van der Waals surface area contributed by atoms with E-state index in [0.29, 0.717) is 24.5 Å². The van der Waals surface area contributed by atoms with Crippen LogP contribution in [0.3, 0.4) is 0 Å². The topological polar surface area (TPSA) is 84.6 Å². The molecule has 20 heavy (non-hydrogen) atoms. The molecule has 2 rings (SSSR count). The Hall–Kier alpha value is -2.69. The number of carboxylic acid groups (broad SMARTS) is 1. The van der Waals surface area contributed by atoms with Crippen molar-refractivity contribution >= 4 is 17.3 Å². The zero-order valence-corrected chi connectivity index (χ0v) is 10.9. The summed E-state index contributed by atoms with van der Waals surface area (Å²) in [6, 6.07) is 14.1. The van der Waals surface area contributed by atoms with Gasteiger partial charge >= 0.3 is 5.97 Å². The summed E-state index contributed by atoms with van der Waals surface area (Å²) in [4.78, 5) is 11.1. The Morgan fingerprint density at radius 2 is 1.95 bits per heavy atom. The van der Waals surface area contributed by atoms with Gasteiger partial charge in [-0.1, -0.05) is 18.2 Å². The molecule has 5 nitrogen and oxygen atoms in total. The molecule has 0 bridgehead atoms. The molecule has 0 radical (unpaired) electrons. The molecule has 104 valence electrons. The van der Waals surface area contributed by atoms with Gasteiger partial charge in [-0.25, -0.2) is 4.79 Å².